The number of benzene rings is 2. The van der Waals surface area contributed by atoms with Gasteiger partial charge in [0, 0.05) is 5.92 Å². The maximum atomic E-state index is 7.64. The molecule has 0 saturated heterocycles. The molecule has 1 atom stereocenters. The van der Waals surface area contributed by atoms with E-state index in [-0.39, 0.29) is 11.8 Å². The molecule has 0 aliphatic heterocycles. The average molecular weight is 236 g/mol. The second-order valence-corrected chi connectivity index (χ2v) is 4.88. The third-order valence-electron chi connectivity index (χ3n) is 3.82. The van der Waals surface area contributed by atoms with Gasteiger partial charge in [-0.2, -0.15) is 0 Å². The van der Waals surface area contributed by atoms with E-state index in [0.717, 1.165) is 6.42 Å². The zero-order chi connectivity index (χ0) is 12.7. The van der Waals surface area contributed by atoms with E-state index in [4.69, 9.17) is 11.1 Å². The van der Waals surface area contributed by atoms with Crippen LogP contribution in [0.25, 0.3) is 11.1 Å². The number of hydrogen-bond acceptors (Lipinski definition) is 1. The lowest BCUT2D eigenvalue weighted by Gasteiger charge is -2.14. The molecule has 0 spiro atoms. The predicted molar refractivity (Wildman–Crippen MR) is 75.0 cm³/mol. The first-order valence-corrected chi connectivity index (χ1v) is 6.22. The molecule has 1 unspecified atom stereocenters. The highest BCUT2D eigenvalue weighted by Crippen LogP contribution is 2.39. The highest BCUT2D eigenvalue weighted by Gasteiger charge is 2.23. The normalized spacial score (nSPS) is 13.8. The van der Waals surface area contributed by atoms with E-state index in [0.29, 0.717) is 0 Å². The van der Waals surface area contributed by atoms with Crippen LogP contribution in [0.5, 0.6) is 0 Å². The molecule has 1 aliphatic carbocycles. The molecule has 1 aliphatic rings. The van der Waals surface area contributed by atoms with Gasteiger partial charge in [0.25, 0.3) is 0 Å². The van der Waals surface area contributed by atoms with Crippen molar-refractivity contribution in [3.05, 3.63) is 59.2 Å². The number of amidine groups is 1. The Balaban J connectivity index is 2.17. The van der Waals surface area contributed by atoms with Crippen LogP contribution >= 0.6 is 0 Å². The van der Waals surface area contributed by atoms with Crippen LogP contribution in [0.1, 0.15) is 29.5 Å². The third-order valence-corrected chi connectivity index (χ3v) is 3.82. The molecule has 0 bridgehead atoms. The molecule has 3 rings (SSSR count). The molecule has 18 heavy (non-hydrogen) atoms. The summed E-state index contributed by atoms with van der Waals surface area (Å²) in [6, 6.07) is 14.8. The van der Waals surface area contributed by atoms with Crippen LogP contribution in [0.4, 0.5) is 0 Å². The molecular formula is C16H16N2. The molecule has 3 N–H and O–H groups in total. The van der Waals surface area contributed by atoms with E-state index < -0.39 is 0 Å². The van der Waals surface area contributed by atoms with E-state index in [1.165, 1.54) is 27.8 Å². The standard InChI is InChI=1S/C16H16N2/c1-10(16(17)18)12-7-4-8-14-13-6-3-2-5-11(13)9-15(12)14/h2-8,10H,9H2,1H3,(H3,17,18). The fourth-order valence-corrected chi connectivity index (χ4v) is 2.76. The average Bonchev–Trinajstić information content (AvgIpc) is 2.76. The van der Waals surface area contributed by atoms with Gasteiger partial charge in [-0.05, 0) is 34.2 Å². The Morgan fingerprint density at radius 1 is 1.11 bits per heavy atom. The van der Waals surface area contributed by atoms with Gasteiger partial charge in [0.2, 0.25) is 0 Å². The number of nitrogens with one attached hydrogen (secondary N) is 1. The quantitative estimate of drug-likeness (QED) is 0.520. The fourth-order valence-electron chi connectivity index (χ4n) is 2.76. The molecule has 2 heteroatoms. The smallest absolute Gasteiger partial charge is 0.0979 e. The number of nitrogens with two attached hydrogens (primary N) is 1. The summed E-state index contributed by atoms with van der Waals surface area (Å²) in [5.74, 6) is 0.230. The van der Waals surface area contributed by atoms with Gasteiger partial charge in [-0.1, -0.05) is 49.4 Å². The first-order valence-electron chi connectivity index (χ1n) is 6.22. The van der Waals surface area contributed by atoms with Crippen LogP contribution in [0, 0.1) is 5.41 Å². The monoisotopic (exact) mass is 236 g/mol. The SMILES string of the molecule is CC(C(=N)N)c1cccc2c1Cc1ccccc1-2. The Labute approximate surface area is 107 Å². The van der Waals surface area contributed by atoms with Crippen LogP contribution in [-0.4, -0.2) is 5.84 Å². The molecule has 2 aromatic rings. The molecular weight excluding hydrogens is 220 g/mol. The first kappa shape index (κ1) is 11.0. The van der Waals surface area contributed by atoms with Crippen LogP contribution in [0.3, 0.4) is 0 Å². The van der Waals surface area contributed by atoms with Crippen molar-refractivity contribution in [3.63, 3.8) is 0 Å². The maximum absolute atomic E-state index is 7.64. The Kier molecular flexibility index (Phi) is 2.44. The minimum absolute atomic E-state index is 0.00531. The molecule has 0 heterocycles. The van der Waals surface area contributed by atoms with Crippen LogP contribution < -0.4 is 5.73 Å². The Hall–Kier alpha value is -2.09. The lowest BCUT2D eigenvalue weighted by Crippen LogP contribution is -2.19. The molecule has 0 saturated carbocycles. The summed E-state index contributed by atoms with van der Waals surface area (Å²) in [6.45, 7) is 2.00. The lowest BCUT2D eigenvalue weighted by molar-refractivity contribution is 0.968. The minimum Gasteiger partial charge on any atom is -0.387 e. The van der Waals surface area contributed by atoms with E-state index in [2.05, 4.69) is 42.5 Å². The van der Waals surface area contributed by atoms with Gasteiger partial charge in [0.15, 0.2) is 0 Å². The van der Waals surface area contributed by atoms with Gasteiger partial charge in [0.05, 0.1) is 5.84 Å². The van der Waals surface area contributed by atoms with Crippen LogP contribution in [-0.2, 0) is 6.42 Å². The largest absolute Gasteiger partial charge is 0.387 e. The van der Waals surface area contributed by atoms with Crippen molar-refractivity contribution in [2.24, 2.45) is 5.73 Å². The van der Waals surface area contributed by atoms with Crippen molar-refractivity contribution in [2.45, 2.75) is 19.3 Å². The van der Waals surface area contributed by atoms with Crippen molar-refractivity contribution in [1.29, 1.82) is 5.41 Å². The zero-order valence-electron chi connectivity index (χ0n) is 10.4. The van der Waals surface area contributed by atoms with Crippen molar-refractivity contribution in [2.75, 3.05) is 0 Å². The number of hydrogen-bond donors (Lipinski definition) is 2. The van der Waals surface area contributed by atoms with Gasteiger partial charge in [-0.3, -0.25) is 5.41 Å². The Morgan fingerprint density at radius 2 is 1.83 bits per heavy atom. The van der Waals surface area contributed by atoms with Crippen LogP contribution in [0.15, 0.2) is 42.5 Å². The summed E-state index contributed by atoms with van der Waals surface area (Å²) in [7, 11) is 0. The molecule has 0 fully saturated rings. The van der Waals surface area contributed by atoms with Crippen LogP contribution in [0.2, 0.25) is 0 Å². The Bertz CT molecular complexity index is 629. The fraction of sp³-hybridized carbons (Fsp3) is 0.188. The van der Waals surface area contributed by atoms with Crippen molar-refractivity contribution in [3.8, 4) is 11.1 Å². The first-order chi connectivity index (χ1) is 8.68. The van der Waals surface area contributed by atoms with Crippen molar-refractivity contribution in [1.82, 2.24) is 0 Å². The zero-order valence-corrected chi connectivity index (χ0v) is 10.4. The lowest BCUT2D eigenvalue weighted by atomic mass is 9.92. The van der Waals surface area contributed by atoms with Gasteiger partial charge < -0.3 is 5.73 Å². The molecule has 90 valence electrons. The minimum atomic E-state index is -0.00531. The number of rotatable bonds is 2. The van der Waals surface area contributed by atoms with Gasteiger partial charge in [0.1, 0.15) is 0 Å². The summed E-state index contributed by atoms with van der Waals surface area (Å²) in [5, 5.41) is 7.64. The second kappa shape index (κ2) is 3.98. The number of fused-ring (bicyclic) bond motifs is 3. The summed E-state index contributed by atoms with van der Waals surface area (Å²) in [5.41, 5.74) is 12.2. The van der Waals surface area contributed by atoms with E-state index >= 15 is 0 Å². The molecule has 0 amide bonds. The molecule has 0 radical (unpaired) electrons. The molecule has 2 nitrogen and oxygen atoms in total. The summed E-state index contributed by atoms with van der Waals surface area (Å²) in [4.78, 5) is 0. The van der Waals surface area contributed by atoms with Gasteiger partial charge in [-0.25, -0.2) is 0 Å². The second-order valence-electron chi connectivity index (χ2n) is 4.88. The highest BCUT2D eigenvalue weighted by atomic mass is 14.7. The highest BCUT2D eigenvalue weighted by molar-refractivity contribution is 5.87. The maximum Gasteiger partial charge on any atom is 0.0979 e. The predicted octanol–water partition coefficient (Wildman–Crippen LogP) is 3.30. The van der Waals surface area contributed by atoms with Crippen molar-refractivity contribution >= 4 is 5.84 Å². The topological polar surface area (TPSA) is 49.9 Å². The van der Waals surface area contributed by atoms with E-state index in [1.54, 1.807) is 0 Å². The van der Waals surface area contributed by atoms with Crippen molar-refractivity contribution < 1.29 is 0 Å². The van der Waals surface area contributed by atoms with Gasteiger partial charge in [-0.15, -0.1) is 0 Å². The Morgan fingerprint density at radius 3 is 2.61 bits per heavy atom. The van der Waals surface area contributed by atoms with E-state index in [1.807, 2.05) is 6.92 Å². The van der Waals surface area contributed by atoms with E-state index in [9.17, 15) is 0 Å². The third kappa shape index (κ3) is 1.53. The summed E-state index contributed by atoms with van der Waals surface area (Å²) >= 11 is 0. The molecule has 0 aromatic heterocycles. The summed E-state index contributed by atoms with van der Waals surface area (Å²) in [6.07, 6.45) is 0.958. The molecule has 2 aromatic carbocycles. The summed E-state index contributed by atoms with van der Waals surface area (Å²) < 4.78 is 0. The van der Waals surface area contributed by atoms with Gasteiger partial charge >= 0.3 is 0 Å².